The predicted octanol–water partition coefficient (Wildman–Crippen LogP) is 3.39. The van der Waals surface area contributed by atoms with E-state index in [9.17, 15) is 4.79 Å². The van der Waals surface area contributed by atoms with Crippen molar-refractivity contribution in [2.75, 3.05) is 12.4 Å². The van der Waals surface area contributed by atoms with Crippen LogP contribution in [-0.2, 0) is 5.41 Å². The van der Waals surface area contributed by atoms with Gasteiger partial charge in [-0.15, -0.1) is 0 Å². The summed E-state index contributed by atoms with van der Waals surface area (Å²) in [6.07, 6.45) is 0. The van der Waals surface area contributed by atoms with Crippen LogP contribution in [0.5, 0.6) is 0 Å². The molecule has 3 nitrogen and oxygen atoms in total. The van der Waals surface area contributed by atoms with E-state index in [0.29, 0.717) is 10.7 Å². The lowest BCUT2D eigenvalue weighted by atomic mass is 9.87. The smallest absolute Gasteiger partial charge is 0.319 e. The minimum absolute atomic E-state index is 0.0442. The number of amides is 2. The summed E-state index contributed by atoms with van der Waals surface area (Å²) in [5.74, 6) is 0. The zero-order chi connectivity index (χ0) is 12.3. The summed E-state index contributed by atoms with van der Waals surface area (Å²) in [5.41, 5.74) is 1.61. The Hall–Kier alpha value is -1.22. The number of halogens is 1. The molecule has 0 aromatic heterocycles. The maximum Gasteiger partial charge on any atom is 0.319 e. The van der Waals surface area contributed by atoms with Gasteiger partial charge >= 0.3 is 6.03 Å². The van der Waals surface area contributed by atoms with Gasteiger partial charge in [0.1, 0.15) is 0 Å². The number of benzene rings is 1. The highest BCUT2D eigenvalue weighted by molar-refractivity contribution is 6.34. The van der Waals surface area contributed by atoms with Crippen LogP contribution in [0.4, 0.5) is 10.5 Å². The van der Waals surface area contributed by atoms with E-state index in [1.807, 2.05) is 12.1 Å². The molecule has 2 N–H and O–H groups in total. The van der Waals surface area contributed by atoms with E-state index in [-0.39, 0.29) is 11.4 Å². The van der Waals surface area contributed by atoms with Crippen LogP contribution in [-0.4, -0.2) is 13.1 Å². The topological polar surface area (TPSA) is 41.1 Å². The molecule has 0 aliphatic heterocycles. The van der Waals surface area contributed by atoms with Crippen molar-refractivity contribution < 1.29 is 4.79 Å². The second kappa shape index (κ2) is 4.74. The van der Waals surface area contributed by atoms with Crippen molar-refractivity contribution in [3.05, 3.63) is 28.8 Å². The van der Waals surface area contributed by atoms with Crippen LogP contribution in [0.1, 0.15) is 26.3 Å². The Bertz CT molecular complexity index is 396. The summed E-state index contributed by atoms with van der Waals surface area (Å²) in [5, 5.41) is 5.78. The molecule has 0 saturated carbocycles. The maximum atomic E-state index is 11.2. The molecular weight excluding hydrogens is 224 g/mol. The maximum absolute atomic E-state index is 11.2. The minimum Gasteiger partial charge on any atom is -0.341 e. The molecule has 16 heavy (non-hydrogen) atoms. The lowest BCUT2D eigenvalue weighted by molar-refractivity contribution is 0.254. The van der Waals surface area contributed by atoms with E-state index in [1.165, 1.54) is 0 Å². The van der Waals surface area contributed by atoms with Gasteiger partial charge in [0.05, 0.1) is 10.7 Å². The molecule has 0 atom stereocenters. The highest BCUT2D eigenvalue weighted by Gasteiger charge is 2.19. The van der Waals surface area contributed by atoms with Gasteiger partial charge in [-0.3, -0.25) is 0 Å². The molecule has 0 aliphatic rings. The molecule has 0 radical (unpaired) electrons. The predicted molar refractivity (Wildman–Crippen MR) is 68.2 cm³/mol. The van der Waals surface area contributed by atoms with Crippen LogP contribution < -0.4 is 10.6 Å². The number of hydrogen-bond acceptors (Lipinski definition) is 1. The largest absolute Gasteiger partial charge is 0.341 e. The van der Waals surface area contributed by atoms with E-state index in [2.05, 4.69) is 31.4 Å². The monoisotopic (exact) mass is 240 g/mol. The van der Waals surface area contributed by atoms with Crippen LogP contribution in [0.15, 0.2) is 18.2 Å². The third-order valence-corrected chi connectivity index (χ3v) is 2.69. The van der Waals surface area contributed by atoms with Gasteiger partial charge in [0.2, 0.25) is 0 Å². The van der Waals surface area contributed by atoms with Crippen LogP contribution >= 0.6 is 11.6 Å². The van der Waals surface area contributed by atoms with Crippen molar-refractivity contribution in [3.8, 4) is 0 Å². The van der Waals surface area contributed by atoms with Gasteiger partial charge in [-0.25, -0.2) is 4.79 Å². The first-order valence-electron chi connectivity index (χ1n) is 5.14. The number of rotatable bonds is 1. The Balaban J connectivity index is 3.09. The molecule has 4 heteroatoms. The number of anilines is 1. The van der Waals surface area contributed by atoms with Crippen LogP contribution in [0.25, 0.3) is 0 Å². The van der Waals surface area contributed by atoms with Gasteiger partial charge in [-0.1, -0.05) is 44.5 Å². The molecule has 2 amide bonds. The first kappa shape index (κ1) is 12.8. The Morgan fingerprint density at radius 3 is 2.44 bits per heavy atom. The zero-order valence-electron chi connectivity index (χ0n) is 10.0. The number of urea groups is 1. The van der Waals surface area contributed by atoms with Gasteiger partial charge in [0.25, 0.3) is 0 Å². The molecule has 1 aromatic rings. The van der Waals surface area contributed by atoms with Crippen molar-refractivity contribution in [2.45, 2.75) is 26.2 Å². The van der Waals surface area contributed by atoms with Crippen LogP contribution in [0, 0.1) is 0 Å². The molecule has 0 spiro atoms. The Labute approximate surface area is 101 Å². The molecule has 0 heterocycles. The molecule has 88 valence electrons. The third-order valence-electron chi connectivity index (χ3n) is 2.28. The second-order valence-corrected chi connectivity index (χ2v) is 5.00. The van der Waals surface area contributed by atoms with Crippen LogP contribution in [0.3, 0.4) is 0 Å². The SMILES string of the molecule is CNC(=O)Nc1cccc(C(C)(C)C)c1Cl. The fraction of sp³-hybridized carbons (Fsp3) is 0.417. The standard InChI is InChI=1S/C12H17ClN2O/c1-12(2,3)8-6-5-7-9(10(8)13)15-11(16)14-4/h5-7H,1-4H3,(H2,14,15,16). The van der Waals surface area contributed by atoms with E-state index in [0.717, 1.165) is 5.56 Å². The van der Waals surface area contributed by atoms with Gasteiger partial charge in [0, 0.05) is 7.05 Å². The molecule has 0 unspecified atom stereocenters. The molecule has 1 aromatic carbocycles. The summed E-state index contributed by atoms with van der Waals surface area (Å²) in [7, 11) is 1.57. The fourth-order valence-corrected chi connectivity index (χ4v) is 1.85. The number of carbonyl (C=O) groups excluding carboxylic acids is 1. The third kappa shape index (κ3) is 2.89. The van der Waals surface area contributed by atoms with Crippen molar-refractivity contribution in [2.24, 2.45) is 0 Å². The fourth-order valence-electron chi connectivity index (χ4n) is 1.39. The van der Waals surface area contributed by atoms with Crippen molar-refractivity contribution in [1.82, 2.24) is 5.32 Å². The quantitative estimate of drug-likeness (QED) is 0.776. The average Bonchev–Trinajstić information content (AvgIpc) is 2.19. The average molecular weight is 241 g/mol. The second-order valence-electron chi connectivity index (χ2n) is 4.62. The Morgan fingerprint density at radius 1 is 1.31 bits per heavy atom. The van der Waals surface area contributed by atoms with Gasteiger partial charge in [0.15, 0.2) is 0 Å². The highest BCUT2D eigenvalue weighted by Crippen LogP contribution is 2.34. The summed E-state index contributed by atoms with van der Waals surface area (Å²) >= 11 is 6.25. The van der Waals surface area contributed by atoms with Crippen molar-refractivity contribution in [1.29, 1.82) is 0 Å². The minimum atomic E-state index is -0.270. The normalized spacial score (nSPS) is 11.1. The van der Waals surface area contributed by atoms with E-state index >= 15 is 0 Å². The van der Waals surface area contributed by atoms with Crippen molar-refractivity contribution >= 4 is 23.3 Å². The highest BCUT2D eigenvalue weighted by atomic mass is 35.5. The van der Waals surface area contributed by atoms with Crippen LogP contribution in [0.2, 0.25) is 5.02 Å². The molecule has 0 bridgehead atoms. The number of carbonyl (C=O) groups is 1. The van der Waals surface area contributed by atoms with Gasteiger partial charge in [-0.05, 0) is 17.0 Å². The first-order valence-corrected chi connectivity index (χ1v) is 5.52. The van der Waals surface area contributed by atoms with Gasteiger partial charge in [-0.2, -0.15) is 0 Å². The van der Waals surface area contributed by atoms with Crippen molar-refractivity contribution in [3.63, 3.8) is 0 Å². The molecule has 0 fully saturated rings. The zero-order valence-corrected chi connectivity index (χ0v) is 10.8. The Kier molecular flexibility index (Phi) is 3.81. The summed E-state index contributed by atoms with van der Waals surface area (Å²) in [4.78, 5) is 11.2. The first-order chi connectivity index (χ1) is 7.36. The molecular formula is C12H17ClN2O. The lowest BCUT2D eigenvalue weighted by Crippen LogP contribution is -2.25. The summed E-state index contributed by atoms with van der Waals surface area (Å²) in [6.45, 7) is 6.24. The van der Waals surface area contributed by atoms with E-state index < -0.39 is 0 Å². The lowest BCUT2D eigenvalue weighted by Gasteiger charge is -2.22. The molecule has 0 saturated heterocycles. The number of nitrogens with one attached hydrogen (secondary N) is 2. The molecule has 1 rings (SSSR count). The van der Waals surface area contributed by atoms with Gasteiger partial charge < -0.3 is 10.6 Å². The van der Waals surface area contributed by atoms with E-state index in [4.69, 9.17) is 11.6 Å². The molecule has 0 aliphatic carbocycles. The number of hydrogen-bond donors (Lipinski definition) is 2. The Morgan fingerprint density at radius 2 is 1.94 bits per heavy atom. The summed E-state index contributed by atoms with van der Waals surface area (Å²) in [6, 6.07) is 5.37. The summed E-state index contributed by atoms with van der Waals surface area (Å²) < 4.78 is 0. The van der Waals surface area contributed by atoms with E-state index in [1.54, 1.807) is 13.1 Å².